The number of anilines is 1. The zero-order chi connectivity index (χ0) is 14.4. The molecular weight excluding hydrogens is 274 g/mol. The quantitative estimate of drug-likeness (QED) is 0.871. The number of nitrogens with one attached hydrogen (secondary N) is 1. The molecule has 1 aliphatic heterocycles. The van der Waals surface area contributed by atoms with Crippen LogP contribution in [0.2, 0.25) is 0 Å². The van der Waals surface area contributed by atoms with Crippen LogP contribution in [0.1, 0.15) is 26.7 Å². The molecule has 112 valence electrons. The minimum absolute atomic E-state index is 0.104. The predicted molar refractivity (Wildman–Crippen MR) is 82.6 cm³/mol. The van der Waals surface area contributed by atoms with Gasteiger partial charge in [0.25, 0.3) is 0 Å². The van der Waals surface area contributed by atoms with Crippen molar-refractivity contribution in [3.8, 4) is 5.88 Å². The maximum absolute atomic E-state index is 5.56. The van der Waals surface area contributed by atoms with Crippen molar-refractivity contribution >= 4 is 17.6 Å². The van der Waals surface area contributed by atoms with Crippen LogP contribution >= 0.6 is 11.8 Å². The molecule has 1 fully saturated rings. The van der Waals surface area contributed by atoms with Gasteiger partial charge in [0, 0.05) is 24.5 Å². The van der Waals surface area contributed by atoms with Gasteiger partial charge in [-0.2, -0.15) is 16.7 Å². The minimum atomic E-state index is 0.104. The lowest BCUT2D eigenvalue weighted by atomic mass is 9.99. The van der Waals surface area contributed by atoms with Gasteiger partial charge in [-0.15, -0.1) is 0 Å². The van der Waals surface area contributed by atoms with E-state index in [1.165, 1.54) is 0 Å². The van der Waals surface area contributed by atoms with E-state index >= 15 is 0 Å². The molecule has 0 saturated carbocycles. The first-order valence-corrected chi connectivity index (χ1v) is 8.21. The van der Waals surface area contributed by atoms with E-state index in [0.29, 0.717) is 5.88 Å². The monoisotopic (exact) mass is 297 g/mol. The molecule has 0 atom stereocenters. The van der Waals surface area contributed by atoms with E-state index in [0.717, 1.165) is 38.4 Å². The summed E-state index contributed by atoms with van der Waals surface area (Å²) >= 11 is 1.91. The molecule has 1 aromatic rings. The van der Waals surface area contributed by atoms with Crippen LogP contribution in [0.25, 0.3) is 0 Å². The van der Waals surface area contributed by atoms with Crippen LogP contribution in [0.15, 0.2) is 12.4 Å². The normalized spacial score (nSPS) is 18.0. The van der Waals surface area contributed by atoms with Crippen molar-refractivity contribution in [1.82, 2.24) is 9.97 Å². The number of thioether (sulfide) groups is 1. The van der Waals surface area contributed by atoms with Gasteiger partial charge in [0.05, 0.1) is 18.5 Å². The van der Waals surface area contributed by atoms with Crippen molar-refractivity contribution in [3.05, 3.63) is 12.4 Å². The van der Waals surface area contributed by atoms with Crippen molar-refractivity contribution in [2.24, 2.45) is 0 Å². The Kier molecular flexibility index (Phi) is 5.48. The Morgan fingerprint density at radius 3 is 2.80 bits per heavy atom. The molecule has 1 aromatic heterocycles. The summed E-state index contributed by atoms with van der Waals surface area (Å²) in [4.78, 5) is 8.59. The van der Waals surface area contributed by atoms with Gasteiger partial charge in [0.2, 0.25) is 5.88 Å². The van der Waals surface area contributed by atoms with Crippen LogP contribution in [-0.4, -0.2) is 46.8 Å². The fourth-order valence-electron chi connectivity index (χ4n) is 2.18. The van der Waals surface area contributed by atoms with Crippen LogP contribution in [0.3, 0.4) is 0 Å². The average Bonchev–Trinajstić information content (AvgIpc) is 2.46. The SMILES string of the molecule is CSC1(CNc2cncc(OC(C)C)n2)CCOCC1. The molecule has 1 N–H and O–H groups in total. The summed E-state index contributed by atoms with van der Waals surface area (Å²) in [5.74, 6) is 1.33. The van der Waals surface area contributed by atoms with Crippen LogP contribution in [0, 0.1) is 0 Å². The topological polar surface area (TPSA) is 56.3 Å². The number of aromatic nitrogens is 2. The third kappa shape index (κ3) is 4.24. The van der Waals surface area contributed by atoms with Crippen molar-refractivity contribution < 1.29 is 9.47 Å². The van der Waals surface area contributed by atoms with E-state index in [9.17, 15) is 0 Å². The molecule has 0 aliphatic carbocycles. The second-order valence-electron chi connectivity index (χ2n) is 5.26. The van der Waals surface area contributed by atoms with Crippen LogP contribution in [-0.2, 0) is 4.74 Å². The number of hydrogen-bond donors (Lipinski definition) is 1. The van der Waals surface area contributed by atoms with Gasteiger partial charge < -0.3 is 14.8 Å². The van der Waals surface area contributed by atoms with Crippen LogP contribution in [0.5, 0.6) is 5.88 Å². The summed E-state index contributed by atoms with van der Waals surface area (Å²) in [7, 11) is 0. The number of ether oxygens (including phenoxy) is 2. The Balaban J connectivity index is 1.95. The van der Waals surface area contributed by atoms with E-state index in [1.54, 1.807) is 12.4 Å². The summed E-state index contributed by atoms with van der Waals surface area (Å²) in [5.41, 5.74) is 0. The smallest absolute Gasteiger partial charge is 0.234 e. The number of rotatable bonds is 6. The molecule has 1 saturated heterocycles. The van der Waals surface area contributed by atoms with E-state index in [2.05, 4.69) is 21.5 Å². The molecule has 0 aromatic carbocycles. The Labute approximate surface area is 124 Å². The van der Waals surface area contributed by atoms with E-state index in [4.69, 9.17) is 9.47 Å². The molecule has 20 heavy (non-hydrogen) atoms. The average molecular weight is 297 g/mol. The third-order valence-corrected chi connectivity index (χ3v) is 4.82. The molecule has 6 heteroatoms. The fourth-order valence-corrected chi connectivity index (χ4v) is 2.97. The van der Waals surface area contributed by atoms with E-state index in [-0.39, 0.29) is 10.9 Å². The Morgan fingerprint density at radius 2 is 2.15 bits per heavy atom. The first-order valence-electron chi connectivity index (χ1n) is 6.99. The van der Waals surface area contributed by atoms with Gasteiger partial charge in [-0.3, -0.25) is 4.98 Å². The molecule has 2 heterocycles. The van der Waals surface area contributed by atoms with Crippen molar-refractivity contribution in [2.45, 2.75) is 37.5 Å². The molecule has 0 bridgehead atoms. The van der Waals surface area contributed by atoms with E-state index < -0.39 is 0 Å². The molecular formula is C14H23N3O2S. The van der Waals surface area contributed by atoms with Gasteiger partial charge in [-0.05, 0) is 32.9 Å². The highest BCUT2D eigenvalue weighted by Crippen LogP contribution is 2.33. The number of nitrogens with zero attached hydrogens (tertiary/aromatic N) is 2. The van der Waals surface area contributed by atoms with Gasteiger partial charge >= 0.3 is 0 Å². The molecule has 2 rings (SSSR count). The van der Waals surface area contributed by atoms with Crippen LogP contribution in [0.4, 0.5) is 5.82 Å². The lowest BCUT2D eigenvalue weighted by molar-refractivity contribution is 0.0802. The zero-order valence-corrected chi connectivity index (χ0v) is 13.2. The Hall–Kier alpha value is -1.01. The number of hydrogen-bond acceptors (Lipinski definition) is 6. The molecule has 0 amide bonds. The summed E-state index contributed by atoms with van der Waals surface area (Å²) in [6.07, 6.45) is 7.78. The first kappa shape index (κ1) is 15.4. The maximum atomic E-state index is 5.56. The summed E-state index contributed by atoms with van der Waals surface area (Å²) in [6.45, 7) is 6.51. The van der Waals surface area contributed by atoms with Gasteiger partial charge in [0.1, 0.15) is 5.82 Å². The van der Waals surface area contributed by atoms with Crippen molar-refractivity contribution in [3.63, 3.8) is 0 Å². The highest BCUT2D eigenvalue weighted by Gasteiger charge is 2.31. The van der Waals surface area contributed by atoms with Crippen molar-refractivity contribution in [1.29, 1.82) is 0 Å². The predicted octanol–water partition coefficient (Wildman–Crippen LogP) is 2.59. The minimum Gasteiger partial charge on any atom is -0.474 e. The highest BCUT2D eigenvalue weighted by atomic mass is 32.2. The van der Waals surface area contributed by atoms with Gasteiger partial charge in [0.15, 0.2) is 0 Å². The van der Waals surface area contributed by atoms with Gasteiger partial charge in [-0.25, -0.2) is 0 Å². The molecule has 0 radical (unpaired) electrons. The lowest BCUT2D eigenvalue weighted by Gasteiger charge is -2.35. The molecule has 0 spiro atoms. The lowest BCUT2D eigenvalue weighted by Crippen LogP contribution is -2.39. The highest BCUT2D eigenvalue weighted by molar-refractivity contribution is 8.00. The van der Waals surface area contributed by atoms with E-state index in [1.807, 2.05) is 25.6 Å². The summed E-state index contributed by atoms with van der Waals surface area (Å²) in [5, 5.41) is 3.39. The zero-order valence-electron chi connectivity index (χ0n) is 12.4. The molecule has 1 aliphatic rings. The first-order chi connectivity index (χ1) is 9.63. The Morgan fingerprint density at radius 1 is 1.40 bits per heavy atom. The molecule has 5 nitrogen and oxygen atoms in total. The van der Waals surface area contributed by atoms with Crippen molar-refractivity contribution in [2.75, 3.05) is 31.3 Å². The third-order valence-electron chi connectivity index (χ3n) is 3.40. The van der Waals surface area contributed by atoms with Gasteiger partial charge in [-0.1, -0.05) is 0 Å². The van der Waals surface area contributed by atoms with Crippen LogP contribution < -0.4 is 10.1 Å². The second-order valence-corrected chi connectivity index (χ2v) is 6.54. The summed E-state index contributed by atoms with van der Waals surface area (Å²) in [6, 6.07) is 0. The Bertz CT molecular complexity index is 423. The second kappa shape index (κ2) is 7.13. The maximum Gasteiger partial charge on any atom is 0.234 e. The largest absolute Gasteiger partial charge is 0.474 e. The summed E-state index contributed by atoms with van der Waals surface area (Å²) < 4.78 is 11.2. The standard InChI is InChI=1S/C14H23N3O2S/c1-11(2)19-13-9-15-8-12(17-13)16-10-14(20-3)4-6-18-7-5-14/h8-9,11H,4-7,10H2,1-3H3,(H,16,17). The molecule has 0 unspecified atom stereocenters. The fraction of sp³-hybridized carbons (Fsp3) is 0.714.